The number of hydrogen-bond acceptors (Lipinski definition) is 6. The molecule has 2 heterocycles. The van der Waals surface area contributed by atoms with Crippen LogP contribution < -0.4 is 20.1 Å². The van der Waals surface area contributed by atoms with E-state index >= 15 is 0 Å². The first-order valence-electron chi connectivity index (χ1n) is 13.9. The largest absolute Gasteiger partial charge is 0.497 e. The van der Waals surface area contributed by atoms with E-state index in [9.17, 15) is 0 Å². The Hall–Kier alpha value is -4.00. The van der Waals surface area contributed by atoms with Gasteiger partial charge in [-0.3, -0.25) is 0 Å². The molecule has 6 rings (SSSR count). The third-order valence-corrected chi connectivity index (χ3v) is 7.52. The van der Waals surface area contributed by atoms with Gasteiger partial charge >= 0.3 is 0 Å². The molecule has 2 aromatic heterocycles. The molecule has 0 fully saturated rings. The molecule has 0 saturated heterocycles. The second-order valence-electron chi connectivity index (χ2n) is 11.6. The van der Waals surface area contributed by atoms with E-state index in [0.717, 1.165) is 66.5 Å². The SMILES string of the molecule is COc1ccc2nc3cc(Cl)ccc3c(NCCNc3c4ccc(Cl)cc4nc4ccc(OCC(C)(C)C)cc34)c2c1. The van der Waals surface area contributed by atoms with Crippen molar-refractivity contribution in [3.8, 4) is 11.5 Å². The van der Waals surface area contributed by atoms with Gasteiger partial charge in [-0.25, -0.2) is 9.97 Å². The van der Waals surface area contributed by atoms with Crippen LogP contribution in [0.25, 0.3) is 43.6 Å². The van der Waals surface area contributed by atoms with Crippen molar-refractivity contribution in [2.24, 2.45) is 5.41 Å². The summed E-state index contributed by atoms with van der Waals surface area (Å²) in [6.45, 7) is 8.39. The van der Waals surface area contributed by atoms with Gasteiger partial charge in [0.15, 0.2) is 0 Å². The zero-order valence-corrected chi connectivity index (χ0v) is 25.5. The van der Waals surface area contributed by atoms with Crippen molar-refractivity contribution >= 4 is 78.2 Å². The van der Waals surface area contributed by atoms with Gasteiger partial charge in [-0.2, -0.15) is 0 Å². The van der Waals surface area contributed by atoms with Crippen LogP contribution >= 0.6 is 23.2 Å². The molecule has 42 heavy (non-hydrogen) atoms. The van der Waals surface area contributed by atoms with Crippen LogP contribution in [0.4, 0.5) is 11.4 Å². The second kappa shape index (κ2) is 11.3. The molecule has 0 unspecified atom stereocenters. The summed E-state index contributed by atoms with van der Waals surface area (Å²) in [5.74, 6) is 1.59. The van der Waals surface area contributed by atoms with E-state index < -0.39 is 0 Å². The summed E-state index contributed by atoms with van der Waals surface area (Å²) in [6.07, 6.45) is 0. The first-order chi connectivity index (χ1) is 20.2. The molecule has 2 N–H and O–H groups in total. The zero-order valence-electron chi connectivity index (χ0n) is 24.0. The highest BCUT2D eigenvalue weighted by atomic mass is 35.5. The quantitative estimate of drug-likeness (QED) is 0.134. The van der Waals surface area contributed by atoms with Crippen LogP contribution in [0.3, 0.4) is 0 Å². The van der Waals surface area contributed by atoms with Gasteiger partial charge < -0.3 is 20.1 Å². The van der Waals surface area contributed by atoms with Crippen LogP contribution in [0, 0.1) is 5.41 Å². The number of hydrogen-bond donors (Lipinski definition) is 2. The maximum atomic E-state index is 6.34. The average molecular weight is 600 g/mol. The number of pyridine rings is 2. The molecule has 0 radical (unpaired) electrons. The van der Waals surface area contributed by atoms with E-state index in [1.165, 1.54) is 0 Å². The third kappa shape index (κ3) is 5.83. The van der Waals surface area contributed by atoms with Crippen molar-refractivity contribution < 1.29 is 9.47 Å². The van der Waals surface area contributed by atoms with Gasteiger partial charge in [0.05, 0.1) is 47.2 Å². The summed E-state index contributed by atoms with van der Waals surface area (Å²) in [7, 11) is 1.67. The summed E-state index contributed by atoms with van der Waals surface area (Å²) in [4.78, 5) is 9.73. The molecule has 0 atom stereocenters. The lowest BCUT2D eigenvalue weighted by Gasteiger charge is -2.20. The zero-order chi connectivity index (χ0) is 29.4. The Morgan fingerprint density at radius 1 is 0.619 bits per heavy atom. The third-order valence-electron chi connectivity index (χ3n) is 7.05. The molecule has 0 amide bonds. The highest BCUT2D eigenvalue weighted by Crippen LogP contribution is 2.36. The lowest BCUT2D eigenvalue weighted by molar-refractivity contribution is 0.198. The minimum absolute atomic E-state index is 0.0523. The molecule has 0 aliphatic rings. The highest BCUT2D eigenvalue weighted by molar-refractivity contribution is 6.32. The number of aromatic nitrogens is 2. The van der Waals surface area contributed by atoms with Crippen molar-refractivity contribution in [1.29, 1.82) is 0 Å². The number of benzene rings is 4. The minimum atomic E-state index is 0.0523. The van der Waals surface area contributed by atoms with Crippen LogP contribution in [-0.4, -0.2) is 36.8 Å². The summed E-state index contributed by atoms with van der Waals surface area (Å²) in [6, 6.07) is 23.6. The molecular formula is C34H32Cl2N4O2. The molecule has 0 aliphatic carbocycles. The molecular weight excluding hydrogens is 567 g/mol. The summed E-state index contributed by atoms with van der Waals surface area (Å²) >= 11 is 12.6. The lowest BCUT2D eigenvalue weighted by Crippen LogP contribution is -2.17. The van der Waals surface area contributed by atoms with Crippen molar-refractivity contribution in [3.05, 3.63) is 82.8 Å². The smallest absolute Gasteiger partial charge is 0.120 e. The second-order valence-corrected chi connectivity index (χ2v) is 12.4. The Morgan fingerprint density at radius 2 is 1.12 bits per heavy atom. The van der Waals surface area contributed by atoms with Gasteiger partial charge in [0, 0.05) is 44.7 Å². The maximum absolute atomic E-state index is 6.34. The predicted octanol–water partition coefficient (Wildman–Crippen LogP) is 9.35. The van der Waals surface area contributed by atoms with Crippen LogP contribution in [0.2, 0.25) is 10.0 Å². The van der Waals surface area contributed by atoms with Gasteiger partial charge in [-0.1, -0.05) is 44.0 Å². The Labute approximate surface area is 255 Å². The standard InChI is InChI=1S/C34H32Cl2N4O2/c1-34(2,3)19-42-23-8-12-29-27(18-23)33(25-10-6-21(36)16-31(25)40-29)38-14-13-37-32-24-9-5-20(35)15-30(24)39-28-11-7-22(41-4)17-26(28)32/h5-12,15-18H,13-14,19H2,1-4H3,(H,37,39)(H,38,40). The first-order valence-corrected chi connectivity index (χ1v) is 14.6. The normalized spacial score (nSPS) is 11.9. The number of anilines is 2. The summed E-state index contributed by atoms with van der Waals surface area (Å²) in [5.41, 5.74) is 5.45. The van der Waals surface area contributed by atoms with Gasteiger partial charge in [-0.15, -0.1) is 0 Å². The van der Waals surface area contributed by atoms with E-state index in [0.29, 0.717) is 29.7 Å². The van der Waals surface area contributed by atoms with Crippen LogP contribution in [-0.2, 0) is 0 Å². The van der Waals surface area contributed by atoms with Crippen molar-refractivity contribution in [2.45, 2.75) is 20.8 Å². The molecule has 6 aromatic rings. The van der Waals surface area contributed by atoms with E-state index in [2.05, 4.69) is 37.5 Å². The predicted molar refractivity (Wildman–Crippen MR) is 177 cm³/mol. The maximum Gasteiger partial charge on any atom is 0.120 e. The Bertz CT molecular complexity index is 1950. The van der Waals surface area contributed by atoms with Crippen molar-refractivity contribution in [3.63, 3.8) is 0 Å². The van der Waals surface area contributed by atoms with Crippen LogP contribution in [0.5, 0.6) is 11.5 Å². The Balaban J connectivity index is 1.33. The monoisotopic (exact) mass is 598 g/mol. The van der Waals surface area contributed by atoms with Gasteiger partial charge in [0.1, 0.15) is 11.5 Å². The van der Waals surface area contributed by atoms with E-state index in [1.807, 2.05) is 66.7 Å². The molecule has 6 nitrogen and oxygen atoms in total. The number of methoxy groups -OCH3 is 1. The Kier molecular flexibility index (Phi) is 7.60. The first kappa shape index (κ1) is 28.1. The molecule has 0 aliphatic heterocycles. The fourth-order valence-corrected chi connectivity index (χ4v) is 5.40. The van der Waals surface area contributed by atoms with Crippen molar-refractivity contribution in [2.75, 3.05) is 37.4 Å². The average Bonchev–Trinajstić information content (AvgIpc) is 2.96. The molecule has 0 saturated carbocycles. The van der Waals surface area contributed by atoms with E-state index in [-0.39, 0.29) is 5.41 Å². The molecule has 0 spiro atoms. The van der Waals surface area contributed by atoms with Crippen molar-refractivity contribution in [1.82, 2.24) is 9.97 Å². The van der Waals surface area contributed by atoms with E-state index in [1.54, 1.807) is 7.11 Å². The Morgan fingerprint density at radius 3 is 1.62 bits per heavy atom. The molecule has 8 heteroatoms. The highest BCUT2D eigenvalue weighted by Gasteiger charge is 2.15. The van der Waals surface area contributed by atoms with Gasteiger partial charge in [-0.05, 0) is 78.2 Å². The molecule has 214 valence electrons. The number of nitrogens with one attached hydrogen (secondary N) is 2. The minimum Gasteiger partial charge on any atom is -0.497 e. The number of fused-ring (bicyclic) bond motifs is 4. The molecule has 4 aromatic carbocycles. The van der Waals surface area contributed by atoms with Crippen LogP contribution in [0.15, 0.2) is 72.8 Å². The fraction of sp³-hybridized carbons (Fsp3) is 0.235. The molecule has 0 bridgehead atoms. The number of ether oxygens (including phenoxy) is 2. The summed E-state index contributed by atoms with van der Waals surface area (Å²) < 4.78 is 11.7. The number of halogens is 2. The summed E-state index contributed by atoms with van der Waals surface area (Å²) in [5, 5.41) is 12.6. The van der Waals surface area contributed by atoms with Gasteiger partial charge in [0.2, 0.25) is 0 Å². The van der Waals surface area contributed by atoms with E-state index in [4.69, 9.17) is 42.6 Å². The fourth-order valence-electron chi connectivity index (χ4n) is 5.07. The topological polar surface area (TPSA) is 68.3 Å². The lowest BCUT2D eigenvalue weighted by atomic mass is 9.99. The number of nitrogens with zero attached hydrogens (tertiary/aromatic N) is 2. The van der Waals surface area contributed by atoms with Crippen LogP contribution in [0.1, 0.15) is 20.8 Å². The number of rotatable bonds is 8. The van der Waals surface area contributed by atoms with Gasteiger partial charge in [0.25, 0.3) is 0 Å².